The standard InChI is InChI=1S/C13H12ClNO4S/c1-19-8(13(17)18)6-15-12(16)11-10(14)7-4-2-3-5-9(7)20-11/h2-5,8H,6H2,1H3,(H,15,16)(H,17,18). The number of carboxylic acids is 1. The van der Waals surface area contributed by atoms with Crippen LogP contribution in [0.5, 0.6) is 0 Å². The van der Waals surface area contributed by atoms with Gasteiger partial charge in [0.05, 0.1) is 11.6 Å². The molecule has 1 unspecified atom stereocenters. The highest BCUT2D eigenvalue weighted by atomic mass is 35.5. The van der Waals surface area contributed by atoms with Gasteiger partial charge in [-0.2, -0.15) is 0 Å². The second-order valence-electron chi connectivity index (χ2n) is 4.01. The average Bonchev–Trinajstić information content (AvgIpc) is 2.77. The molecule has 1 aromatic heterocycles. The molecule has 0 aliphatic heterocycles. The SMILES string of the molecule is COC(CNC(=O)c1sc2ccccc2c1Cl)C(=O)O. The summed E-state index contributed by atoms with van der Waals surface area (Å²) in [6, 6.07) is 7.41. The lowest BCUT2D eigenvalue weighted by molar-refractivity contribution is -0.147. The van der Waals surface area contributed by atoms with Gasteiger partial charge in [0.2, 0.25) is 0 Å². The molecule has 106 valence electrons. The van der Waals surface area contributed by atoms with Crippen LogP contribution in [-0.2, 0) is 9.53 Å². The van der Waals surface area contributed by atoms with Crippen LogP contribution in [0.25, 0.3) is 10.1 Å². The number of amides is 1. The van der Waals surface area contributed by atoms with Crippen molar-refractivity contribution < 1.29 is 19.4 Å². The molecular weight excluding hydrogens is 302 g/mol. The van der Waals surface area contributed by atoms with Crippen molar-refractivity contribution in [3.8, 4) is 0 Å². The minimum atomic E-state index is -1.13. The Balaban J connectivity index is 2.15. The van der Waals surface area contributed by atoms with Crippen molar-refractivity contribution in [2.24, 2.45) is 0 Å². The maximum Gasteiger partial charge on any atom is 0.334 e. The molecule has 5 nitrogen and oxygen atoms in total. The Hall–Kier alpha value is -1.63. The molecule has 0 spiro atoms. The topological polar surface area (TPSA) is 75.6 Å². The van der Waals surface area contributed by atoms with E-state index in [9.17, 15) is 9.59 Å². The maximum atomic E-state index is 12.0. The molecule has 0 fully saturated rings. The molecule has 0 bridgehead atoms. The zero-order valence-electron chi connectivity index (χ0n) is 10.6. The predicted molar refractivity (Wildman–Crippen MR) is 77.6 cm³/mol. The Bertz CT molecular complexity index is 655. The molecule has 1 atom stereocenters. The number of halogens is 1. The van der Waals surface area contributed by atoms with Gasteiger partial charge in [0.1, 0.15) is 4.88 Å². The Morgan fingerprint density at radius 3 is 2.75 bits per heavy atom. The number of carboxylic acid groups (broad SMARTS) is 1. The molecule has 0 aliphatic rings. The zero-order valence-corrected chi connectivity index (χ0v) is 12.1. The van der Waals surface area contributed by atoms with Crippen molar-refractivity contribution in [2.45, 2.75) is 6.10 Å². The molecule has 1 amide bonds. The normalized spacial score (nSPS) is 12.3. The highest BCUT2D eigenvalue weighted by molar-refractivity contribution is 7.21. The van der Waals surface area contributed by atoms with E-state index >= 15 is 0 Å². The summed E-state index contributed by atoms with van der Waals surface area (Å²) in [5.41, 5.74) is 0. The number of carbonyl (C=O) groups excluding carboxylic acids is 1. The van der Waals surface area contributed by atoms with E-state index in [0.29, 0.717) is 9.90 Å². The predicted octanol–water partition coefficient (Wildman–Crippen LogP) is 2.38. The van der Waals surface area contributed by atoms with Crippen LogP contribution >= 0.6 is 22.9 Å². The van der Waals surface area contributed by atoms with Crippen LogP contribution < -0.4 is 5.32 Å². The second-order valence-corrected chi connectivity index (χ2v) is 5.44. The van der Waals surface area contributed by atoms with Crippen molar-refractivity contribution in [1.29, 1.82) is 0 Å². The summed E-state index contributed by atoms with van der Waals surface area (Å²) >= 11 is 7.43. The van der Waals surface area contributed by atoms with Crippen LogP contribution in [0, 0.1) is 0 Å². The van der Waals surface area contributed by atoms with Gasteiger partial charge < -0.3 is 15.2 Å². The van der Waals surface area contributed by atoms with Gasteiger partial charge >= 0.3 is 5.97 Å². The molecule has 1 heterocycles. The fraction of sp³-hybridized carbons (Fsp3) is 0.231. The van der Waals surface area contributed by atoms with Crippen LogP contribution in [0.1, 0.15) is 9.67 Å². The van der Waals surface area contributed by atoms with Crippen LogP contribution in [0.3, 0.4) is 0 Å². The largest absolute Gasteiger partial charge is 0.479 e. The third kappa shape index (κ3) is 2.92. The van der Waals surface area contributed by atoms with Crippen molar-refractivity contribution in [3.63, 3.8) is 0 Å². The molecule has 2 rings (SSSR count). The highest BCUT2D eigenvalue weighted by Crippen LogP contribution is 2.34. The van der Waals surface area contributed by atoms with E-state index in [1.54, 1.807) is 0 Å². The minimum Gasteiger partial charge on any atom is -0.479 e. The summed E-state index contributed by atoms with van der Waals surface area (Å²) in [7, 11) is 1.28. The Labute approximate surface area is 124 Å². The monoisotopic (exact) mass is 313 g/mol. The van der Waals surface area contributed by atoms with Crippen molar-refractivity contribution >= 4 is 44.9 Å². The first-order chi connectivity index (χ1) is 9.54. The molecule has 1 aromatic carbocycles. The minimum absolute atomic E-state index is 0.116. The number of ether oxygens (including phenoxy) is 1. The van der Waals surface area contributed by atoms with Crippen molar-refractivity contribution in [2.75, 3.05) is 13.7 Å². The molecule has 0 aliphatic carbocycles. The number of fused-ring (bicyclic) bond motifs is 1. The number of carbonyl (C=O) groups is 2. The van der Waals surface area contributed by atoms with Gasteiger partial charge in [-0.25, -0.2) is 4.79 Å². The van der Waals surface area contributed by atoms with Crippen LogP contribution in [-0.4, -0.2) is 36.7 Å². The molecule has 0 saturated heterocycles. The Morgan fingerprint density at radius 1 is 1.45 bits per heavy atom. The maximum absolute atomic E-state index is 12.0. The van der Waals surface area contributed by atoms with E-state index in [1.165, 1.54) is 18.4 Å². The van der Waals surface area contributed by atoms with Gasteiger partial charge in [-0.15, -0.1) is 11.3 Å². The average molecular weight is 314 g/mol. The summed E-state index contributed by atoms with van der Waals surface area (Å²) < 4.78 is 5.65. The first kappa shape index (κ1) is 14.8. The van der Waals surface area contributed by atoms with Gasteiger partial charge in [-0.1, -0.05) is 29.8 Å². The van der Waals surface area contributed by atoms with Crippen molar-refractivity contribution in [3.05, 3.63) is 34.2 Å². The number of rotatable bonds is 5. The third-order valence-corrected chi connectivity index (χ3v) is 4.42. The molecule has 0 saturated carbocycles. The number of aliphatic carboxylic acids is 1. The first-order valence-corrected chi connectivity index (χ1v) is 6.95. The number of thiophene rings is 1. The lowest BCUT2D eigenvalue weighted by Crippen LogP contribution is -2.37. The summed E-state index contributed by atoms with van der Waals surface area (Å²) in [6.07, 6.45) is -1.08. The number of methoxy groups -OCH3 is 1. The first-order valence-electron chi connectivity index (χ1n) is 5.75. The van der Waals surface area contributed by atoms with E-state index in [0.717, 1.165) is 10.1 Å². The van der Waals surface area contributed by atoms with E-state index in [1.807, 2.05) is 24.3 Å². The quantitative estimate of drug-likeness (QED) is 0.888. The fourth-order valence-electron chi connectivity index (χ4n) is 1.70. The molecule has 20 heavy (non-hydrogen) atoms. The van der Waals surface area contributed by atoms with Crippen LogP contribution in [0.15, 0.2) is 24.3 Å². The number of nitrogens with one attached hydrogen (secondary N) is 1. The molecule has 0 radical (unpaired) electrons. The Kier molecular flexibility index (Phi) is 4.59. The summed E-state index contributed by atoms with van der Waals surface area (Å²) in [5, 5.41) is 12.5. The summed E-state index contributed by atoms with van der Waals surface area (Å²) in [6.45, 7) is -0.116. The van der Waals surface area contributed by atoms with E-state index < -0.39 is 18.0 Å². The van der Waals surface area contributed by atoms with Gasteiger partial charge in [-0.3, -0.25) is 4.79 Å². The summed E-state index contributed by atoms with van der Waals surface area (Å²) in [5.74, 6) is -1.53. The number of benzene rings is 1. The second kappa shape index (κ2) is 6.21. The van der Waals surface area contributed by atoms with Crippen LogP contribution in [0.2, 0.25) is 5.02 Å². The number of hydrogen-bond acceptors (Lipinski definition) is 4. The zero-order chi connectivity index (χ0) is 14.7. The van der Waals surface area contributed by atoms with E-state index in [-0.39, 0.29) is 6.54 Å². The van der Waals surface area contributed by atoms with Crippen LogP contribution in [0.4, 0.5) is 0 Å². The van der Waals surface area contributed by atoms with Gasteiger partial charge in [0.25, 0.3) is 5.91 Å². The third-order valence-electron chi connectivity index (χ3n) is 2.75. The molecular formula is C13H12ClNO4S. The Morgan fingerprint density at radius 2 is 2.15 bits per heavy atom. The van der Waals surface area contributed by atoms with Crippen molar-refractivity contribution in [1.82, 2.24) is 5.32 Å². The molecule has 2 N–H and O–H groups in total. The smallest absolute Gasteiger partial charge is 0.334 e. The lowest BCUT2D eigenvalue weighted by atomic mass is 10.2. The lowest BCUT2D eigenvalue weighted by Gasteiger charge is -2.10. The van der Waals surface area contributed by atoms with E-state index in [4.69, 9.17) is 21.4 Å². The molecule has 2 aromatic rings. The van der Waals surface area contributed by atoms with Gasteiger partial charge in [0, 0.05) is 17.2 Å². The fourth-order valence-corrected chi connectivity index (χ4v) is 3.13. The summed E-state index contributed by atoms with van der Waals surface area (Å²) in [4.78, 5) is 23.2. The highest BCUT2D eigenvalue weighted by Gasteiger charge is 2.20. The van der Waals surface area contributed by atoms with Gasteiger partial charge in [-0.05, 0) is 6.07 Å². The van der Waals surface area contributed by atoms with Gasteiger partial charge in [0.15, 0.2) is 6.10 Å². The number of hydrogen-bond donors (Lipinski definition) is 2. The van der Waals surface area contributed by atoms with E-state index in [2.05, 4.69) is 5.32 Å². The molecule has 7 heteroatoms.